The van der Waals surface area contributed by atoms with Gasteiger partial charge < -0.3 is 4.74 Å². The highest BCUT2D eigenvalue weighted by Crippen LogP contribution is 2.26. The summed E-state index contributed by atoms with van der Waals surface area (Å²) in [5.74, 6) is -0.877. The summed E-state index contributed by atoms with van der Waals surface area (Å²) in [6.07, 6.45) is -7.79. The zero-order valence-electron chi connectivity index (χ0n) is 7.48. The molecule has 15 heavy (non-hydrogen) atoms. The highest BCUT2D eigenvalue weighted by Gasteiger charge is 2.32. The average molecular weight is 227 g/mol. The Balaban J connectivity index is 2.99. The monoisotopic (exact) mass is 227 g/mol. The first-order valence-electron chi connectivity index (χ1n) is 3.80. The van der Waals surface area contributed by atoms with Gasteiger partial charge >= 0.3 is 6.36 Å². The number of rotatable bonds is 2. The maximum atomic E-state index is 12.2. The molecule has 1 heterocycles. The van der Waals surface area contributed by atoms with E-state index in [-0.39, 0.29) is 5.69 Å². The first kappa shape index (κ1) is 11.7. The van der Waals surface area contributed by atoms with Gasteiger partial charge in [-0.3, -0.25) is 0 Å². The molecular formula is C8H6F5NO. The third kappa shape index (κ3) is 3.69. The van der Waals surface area contributed by atoms with Crippen molar-refractivity contribution in [1.29, 1.82) is 0 Å². The third-order valence-electron chi connectivity index (χ3n) is 1.42. The maximum absolute atomic E-state index is 12.2. The number of hydrogen-bond acceptors (Lipinski definition) is 2. The van der Waals surface area contributed by atoms with Crippen LogP contribution in [0.4, 0.5) is 22.0 Å². The molecular weight excluding hydrogens is 221 g/mol. The minimum atomic E-state index is -4.93. The molecule has 7 heteroatoms. The lowest BCUT2D eigenvalue weighted by Crippen LogP contribution is -2.18. The maximum Gasteiger partial charge on any atom is 0.574 e. The van der Waals surface area contributed by atoms with E-state index in [1.807, 2.05) is 0 Å². The van der Waals surface area contributed by atoms with Crippen LogP contribution in [0.1, 0.15) is 17.7 Å². The van der Waals surface area contributed by atoms with Crippen LogP contribution in [0, 0.1) is 6.92 Å². The molecule has 0 aromatic carbocycles. The van der Waals surface area contributed by atoms with E-state index in [1.165, 1.54) is 6.92 Å². The predicted octanol–water partition coefficient (Wildman–Crippen LogP) is 3.23. The summed E-state index contributed by atoms with van der Waals surface area (Å²) >= 11 is 0. The van der Waals surface area contributed by atoms with Gasteiger partial charge in [-0.05, 0) is 13.0 Å². The molecule has 0 radical (unpaired) electrons. The lowest BCUT2D eigenvalue weighted by Gasteiger charge is -2.09. The van der Waals surface area contributed by atoms with Gasteiger partial charge in [-0.25, -0.2) is 13.8 Å². The van der Waals surface area contributed by atoms with E-state index >= 15 is 0 Å². The number of pyridine rings is 1. The minimum absolute atomic E-state index is 0.0343. The lowest BCUT2D eigenvalue weighted by atomic mass is 10.2. The van der Waals surface area contributed by atoms with Gasteiger partial charge in [0.1, 0.15) is 0 Å². The second-order valence-electron chi connectivity index (χ2n) is 2.73. The van der Waals surface area contributed by atoms with Crippen LogP contribution in [0.3, 0.4) is 0 Å². The SMILES string of the molecule is Cc1cc(C(F)F)cc(OC(F)(F)F)n1. The van der Waals surface area contributed by atoms with Gasteiger partial charge in [-0.2, -0.15) is 0 Å². The number of ether oxygens (including phenoxy) is 1. The van der Waals surface area contributed by atoms with Crippen LogP contribution in [0.15, 0.2) is 12.1 Å². The van der Waals surface area contributed by atoms with Gasteiger partial charge in [0, 0.05) is 17.3 Å². The van der Waals surface area contributed by atoms with E-state index in [4.69, 9.17) is 0 Å². The highest BCUT2D eigenvalue weighted by molar-refractivity contribution is 5.25. The van der Waals surface area contributed by atoms with Crippen LogP contribution in [-0.2, 0) is 0 Å². The summed E-state index contributed by atoms with van der Waals surface area (Å²) in [7, 11) is 0. The van der Waals surface area contributed by atoms with E-state index in [0.29, 0.717) is 6.07 Å². The molecule has 0 saturated carbocycles. The molecule has 0 aliphatic heterocycles. The van der Waals surface area contributed by atoms with Crippen molar-refractivity contribution in [3.05, 3.63) is 23.4 Å². The van der Waals surface area contributed by atoms with Crippen LogP contribution in [0.25, 0.3) is 0 Å². The number of aryl methyl sites for hydroxylation is 1. The Morgan fingerprint density at radius 2 is 1.87 bits per heavy atom. The van der Waals surface area contributed by atoms with E-state index < -0.39 is 24.2 Å². The van der Waals surface area contributed by atoms with Crippen molar-refractivity contribution in [3.8, 4) is 5.88 Å². The summed E-state index contributed by atoms with van der Waals surface area (Å²) in [5.41, 5.74) is -0.520. The van der Waals surface area contributed by atoms with Crippen LogP contribution < -0.4 is 4.74 Å². The largest absolute Gasteiger partial charge is 0.574 e. The summed E-state index contributed by atoms with van der Waals surface area (Å²) in [5, 5.41) is 0. The summed E-state index contributed by atoms with van der Waals surface area (Å²) < 4.78 is 63.1. The number of aromatic nitrogens is 1. The van der Waals surface area contributed by atoms with Crippen molar-refractivity contribution >= 4 is 0 Å². The van der Waals surface area contributed by atoms with Crippen molar-refractivity contribution in [3.63, 3.8) is 0 Å². The van der Waals surface area contributed by atoms with Gasteiger partial charge in [0.15, 0.2) is 0 Å². The van der Waals surface area contributed by atoms with Crippen molar-refractivity contribution in [2.24, 2.45) is 0 Å². The van der Waals surface area contributed by atoms with Gasteiger partial charge in [0.25, 0.3) is 6.43 Å². The molecule has 0 saturated heterocycles. The fourth-order valence-corrected chi connectivity index (χ4v) is 0.961. The van der Waals surface area contributed by atoms with E-state index in [2.05, 4.69) is 9.72 Å². The Bertz CT molecular complexity index is 349. The number of nitrogens with zero attached hydrogens (tertiary/aromatic N) is 1. The number of hydrogen-bond donors (Lipinski definition) is 0. The van der Waals surface area contributed by atoms with E-state index in [1.54, 1.807) is 0 Å². The Labute approximate surface area is 81.7 Å². The zero-order valence-corrected chi connectivity index (χ0v) is 7.48. The first-order valence-corrected chi connectivity index (χ1v) is 3.80. The molecule has 0 N–H and O–H groups in total. The fraction of sp³-hybridized carbons (Fsp3) is 0.375. The van der Waals surface area contributed by atoms with Crippen LogP contribution >= 0.6 is 0 Å². The molecule has 0 aliphatic carbocycles. The quantitative estimate of drug-likeness (QED) is 0.723. The van der Waals surface area contributed by atoms with Crippen molar-refractivity contribution in [1.82, 2.24) is 4.98 Å². The average Bonchev–Trinajstić information content (AvgIpc) is 1.99. The molecule has 0 spiro atoms. The molecule has 1 aromatic rings. The molecule has 0 amide bonds. The van der Waals surface area contributed by atoms with E-state index in [0.717, 1.165) is 6.07 Å². The second kappa shape index (κ2) is 4.00. The highest BCUT2D eigenvalue weighted by atomic mass is 19.4. The van der Waals surface area contributed by atoms with E-state index in [9.17, 15) is 22.0 Å². The van der Waals surface area contributed by atoms with Gasteiger partial charge in [-0.15, -0.1) is 13.2 Å². The van der Waals surface area contributed by atoms with Crippen LogP contribution in [0.2, 0.25) is 0 Å². The third-order valence-corrected chi connectivity index (χ3v) is 1.42. The molecule has 1 rings (SSSR count). The van der Waals surface area contributed by atoms with Gasteiger partial charge in [0.05, 0.1) is 0 Å². The Morgan fingerprint density at radius 1 is 1.27 bits per heavy atom. The summed E-state index contributed by atoms with van der Waals surface area (Å²) in [4.78, 5) is 3.33. The second-order valence-corrected chi connectivity index (χ2v) is 2.73. The van der Waals surface area contributed by atoms with Crippen LogP contribution in [-0.4, -0.2) is 11.3 Å². The zero-order chi connectivity index (χ0) is 11.6. The molecule has 0 atom stereocenters. The summed E-state index contributed by atoms with van der Waals surface area (Å²) in [6, 6.07) is 1.55. The smallest absolute Gasteiger partial charge is 0.388 e. The number of halogens is 5. The number of alkyl halides is 5. The van der Waals surface area contributed by atoms with Crippen LogP contribution in [0.5, 0.6) is 5.88 Å². The molecule has 2 nitrogen and oxygen atoms in total. The Morgan fingerprint density at radius 3 is 2.33 bits per heavy atom. The molecule has 0 fully saturated rings. The first-order chi connectivity index (χ1) is 6.78. The molecule has 1 aromatic heterocycles. The Kier molecular flexibility index (Phi) is 3.11. The standard InChI is InChI=1S/C8H6F5NO/c1-4-2-5(7(9)10)3-6(14-4)15-8(11,12)13/h2-3,7H,1H3. The van der Waals surface area contributed by atoms with Crippen molar-refractivity contribution in [2.75, 3.05) is 0 Å². The summed E-state index contributed by atoms with van der Waals surface area (Å²) in [6.45, 7) is 1.30. The topological polar surface area (TPSA) is 22.1 Å². The molecule has 0 aliphatic rings. The molecule has 0 unspecified atom stereocenters. The fourth-order valence-electron chi connectivity index (χ4n) is 0.961. The van der Waals surface area contributed by atoms with Gasteiger partial charge in [-0.1, -0.05) is 0 Å². The molecule has 0 bridgehead atoms. The minimum Gasteiger partial charge on any atom is -0.388 e. The predicted molar refractivity (Wildman–Crippen MR) is 40.6 cm³/mol. The van der Waals surface area contributed by atoms with Crippen molar-refractivity contribution in [2.45, 2.75) is 19.7 Å². The lowest BCUT2D eigenvalue weighted by molar-refractivity contribution is -0.276. The Hall–Kier alpha value is -1.40. The van der Waals surface area contributed by atoms with Gasteiger partial charge in [0.2, 0.25) is 5.88 Å². The molecule has 84 valence electrons. The van der Waals surface area contributed by atoms with Crippen molar-refractivity contribution < 1.29 is 26.7 Å². The normalized spacial score (nSPS) is 11.9.